The molecule has 0 radical (unpaired) electrons. The zero-order chi connectivity index (χ0) is 5.41. The topological polar surface area (TPSA) is 95.2 Å². The molecule has 0 unspecified atom stereocenters. The van der Waals surface area contributed by atoms with E-state index in [4.69, 9.17) is 22.0 Å². The third kappa shape index (κ3) is 272. The SMILES string of the molecule is N#C[NH-].N#C[NH-].[Cd+2]. The molecule has 0 aromatic carbocycles. The van der Waals surface area contributed by atoms with Crippen LogP contribution in [0.25, 0.3) is 11.5 Å². The molecule has 0 spiro atoms. The van der Waals surface area contributed by atoms with Gasteiger partial charge in [-0.3, -0.25) is 0 Å². The zero-order valence-electron chi connectivity index (χ0n) is 3.60. The number of nitrogens with zero attached hydrogens (tertiary/aromatic N) is 2. The number of hydrogen-bond acceptors (Lipinski definition) is 2. The quantitative estimate of drug-likeness (QED) is 0.425. The minimum atomic E-state index is 0. The van der Waals surface area contributed by atoms with Crippen LogP contribution in [0.15, 0.2) is 0 Å². The maximum atomic E-state index is 6.99. The zero-order valence-corrected chi connectivity index (χ0v) is 7.64. The summed E-state index contributed by atoms with van der Waals surface area (Å²) in [4.78, 5) is 0. The number of nitriles is 2. The summed E-state index contributed by atoms with van der Waals surface area (Å²) in [7, 11) is 0. The molecule has 5 heteroatoms. The summed E-state index contributed by atoms with van der Waals surface area (Å²) >= 11 is 0. The van der Waals surface area contributed by atoms with Crippen molar-refractivity contribution in [3.05, 3.63) is 11.5 Å². The second-order valence-corrected chi connectivity index (χ2v) is 0.224. The van der Waals surface area contributed by atoms with E-state index in [1.807, 2.05) is 0 Å². The summed E-state index contributed by atoms with van der Waals surface area (Å²) in [6.07, 6.45) is 2.00. The number of rotatable bonds is 0. The van der Waals surface area contributed by atoms with Crippen molar-refractivity contribution >= 4 is 0 Å². The molecule has 4 nitrogen and oxygen atoms in total. The number of nitrogens with one attached hydrogen (secondary N) is 2. The van der Waals surface area contributed by atoms with Gasteiger partial charge in [0.2, 0.25) is 0 Å². The van der Waals surface area contributed by atoms with Crippen LogP contribution in [-0.2, 0) is 27.3 Å². The van der Waals surface area contributed by atoms with E-state index in [0.717, 1.165) is 12.4 Å². The van der Waals surface area contributed by atoms with Crippen molar-refractivity contribution < 1.29 is 27.3 Å². The molecule has 7 heavy (non-hydrogen) atoms. The Morgan fingerprint density at radius 2 is 1.00 bits per heavy atom. The van der Waals surface area contributed by atoms with Crippen molar-refractivity contribution in [2.45, 2.75) is 0 Å². The Labute approximate surface area is 61.9 Å². The van der Waals surface area contributed by atoms with Crippen LogP contribution < -0.4 is 0 Å². The predicted octanol–water partition coefficient (Wildman–Crippen LogP) is 1.04. The van der Waals surface area contributed by atoms with Crippen LogP contribution >= 0.6 is 0 Å². The fourth-order valence-corrected chi connectivity index (χ4v) is 0. The molecule has 32 valence electrons. The second-order valence-electron chi connectivity index (χ2n) is 0.224. The van der Waals surface area contributed by atoms with Crippen LogP contribution in [-0.4, -0.2) is 0 Å². The van der Waals surface area contributed by atoms with E-state index >= 15 is 0 Å². The molecular formula is C2H2CdN4. The van der Waals surface area contributed by atoms with E-state index in [1.54, 1.807) is 0 Å². The molecule has 0 heterocycles. The third-order valence-corrected chi connectivity index (χ3v) is 0. The fraction of sp³-hybridized carbons (Fsp3) is 0. The van der Waals surface area contributed by atoms with Gasteiger partial charge in [0, 0.05) is 0 Å². The standard InChI is InChI=1S/2CHN2.Cd/c2*2-1-3;/h2*2H;/q2*-1;+2. The van der Waals surface area contributed by atoms with E-state index in [9.17, 15) is 0 Å². The van der Waals surface area contributed by atoms with Crippen molar-refractivity contribution in [2.75, 3.05) is 0 Å². The van der Waals surface area contributed by atoms with Gasteiger partial charge in [-0.2, -0.15) is 0 Å². The van der Waals surface area contributed by atoms with Gasteiger partial charge >= 0.3 is 27.3 Å². The van der Waals surface area contributed by atoms with Crippen LogP contribution in [0.4, 0.5) is 0 Å². The maximum Gasteiger partial charge on any atom is 2.00 e. The molecule has 0 rings (SSSR count). The van der Waals surface area contributed by atoms with Crippen molar-refractivity contribution in [3.63, 3.8) is 0 Å². The Morgan fingerprint density at radius 1 is 1.00 bits per heavy atom. The van der Waals surface area contributed by atoms with Crippen LogP contribution in [0, 0.1) is 22.9 Å². The molecule has 0 saturated carbocycles. The van der Waals surface area contributed by atoms with Gasteiger partial charge in [0.15, 0.2) is 0 Å². The summed E-state index contributed by atoms with van der Waals surface area (Å²) in [6.45, 7) is 0. The van der Waals surface area contributed by atoms with Gasteiger partial charge < -0.3 is 22.0 Å². The van der Waals surface area contributed by atoms with Gasteiger partial charge in [-0.05, 0) is 0 Å². The number of hydrogen-bond donors (Lipinski definition) is 0. The Hall–Kier alpha value is -0.498. The van der Waals surface area contributed by atoms with E-state index in [1.165, 1.54) is 0 Å². The third-order valence-electron chi connectivity index (χ3n) is 0. The van der Waals surface area contributed by atoms with Gasteiger partial charge in [0.1, 0.15) is 0 Å². The predicted molar refractivity (Wildman–Crippen MR) is 19.9 cm³/mol. The molecule has 0 aliphatic heterocycles. The smallest absolute Gasteiger partial charge is 0.494 e. The molecule has 0 aliphatic rings. The molecule has 0 aliphatic carbocycles. The summed E-state index contributed by atoms with van der Waals surface area (Å²) in [6, 6.07) is 0. The first kappa shape index (κ1) is 16.0. The summed E-state index contributed by atoms with van der Waals surface area (Å²) < 4.78 is 0. The largest absolute Gasteiger partial charge is 2.00 e. The van der Waals surface area contributed by atoms with E-state index in [2.05, 4.69) is 0 Å². The van der Waals surface area contributed by atoms with E-state index in [-0.39, 0.29) is 27.3 Å². The first-order valence-electron chi connectivity index (χ1n) is 0.947. The van der Waals surface area contributed by atoms with Gasteiger partial charge in [-0.15, -0.1) is 0 Å². The molecule has 0 aromatic rings. The molecule has 0 bridgehead atoms. The molecule has 0 amide bonds. The fourth-order valence-electron chi connectivity index (χ4n) is 0. The molecule has 0 saturated heterocycles. The van der Waals surface area contributed by atoms with Crippen LogP contribution in [0.2, 0.25) is 0 Å². The van der Waals surface area contributed by atoms with Gasteiger partial charge in [-0.1, -0.05) is 12.4 Å². The van der Waals surface area contributed by atoms with Crippen molar-refractivity contribution in [2.24, 2.45) is 0 Å². The van der Waals surface area contributed by atoms with Crippen LogP contribution in [0.1, 0.15) is 0 Å². The van der Waals surface area contributed by atoms with E-state index < -0.39 is 0 Å². The average Bonchev–Trinajstić information content (AvgIpc) is 1.39. The van der Waals surface area contributed by atoms with Crippen molar-refractivity contribution in [3.8, 4) is 12.4 Å². The van der Waals surface area contributed by atoms with Gasteiger partial charge in [0.05, 0.1) is 0 Å². The Morgan fingerprint density at radius 3 is 1.00 bits per heavy atom. The van der Waals surface area contributed by atoms with Crippen LogP contribution in [0.3, 0.4) is 0 Å². The first-order chi connectivity index (χ1) is 2.83. The molecule has 0 atom stereocenters. The average molecular weight is 194 g/mol. The maximum absolute atomic E-state index is 6.99. The summed E-state index contributed by atoms with van der Waals surface area (Å²) in [5, 5.41) is 14.0. The monoisotopic (exact) mass is 196 g/mol. The van der Waals surface area contributed by atoms with E-state index in [0.29, 0.717) is 0 Å². The minimum absolute atomic E-state index is 0. The second kappa shape index (κ2) is 49.4. The minimum Gasteiger partial charge on any atom is -0.494 e. The Balaban J connectivity index is -0.0000000400. The van der Waals surface area contributed by atoms with Crippen molar-refractivity contribution in [1.82, 2.24) is 0 Å². The first-order valence-corrected chi connectivity index (χ1v) is 0.947. The van der Waals surface area contributed by atoms with Gasteiger partial charge in [-0.25, -0.2) is 0 Å². The normalized spacial score (nSPS) is 2.00. The van der Waals surface area contributed by atoms with Crippen molar-refractivity contribution in [1.29, 1.82) is 10.5 Å². The van der Waals surface area contributed by atoms with Gasteiger partial charge in [0.25, 0.3) is 0 Å². The molecule has 0 fully saturated rings. The van der Waals surface area contributed by atoms with Crippen LogP contribution in [0.5, 0.6) is 0 Å². The molecule has 0 aromatic heterocycles. The summed E-state index contributed by atoms with van der Waals surface area (Å²) in [5.74, 6) is 0. The summed E-state index contributed by atoms with van der Waals surface area (Å²) in [5.41, 5.74) is 11.0. The Kier molecular flexibility index (Phi) is 113. The Bertz CT molecular complexity index is 64.7. The molecular weight excluding hydrogens is 192 g/mol. The molecule has 2 N–H and O–H groups in total.